The first kappa shape index (κ1) is 17.0. The van der Waals surface area contributed by atoms with E-state index >= 15 is 0 Å². The Kier molecular flexibility index (Phi) is 4.58. The van der Waals surface area contributed by atoms with Crippen molar-refractivity contribution in [1.29, 1.82) is 0 Å². The molecule has 1 aliphatic rings. The van der Waals surface area contributed by atoms with Crippen LogP contribution >= 0.6 is 23.2 Å². The summed E-state index contributed by atoms with van der Waals surface area (Å²) in [5.41, 5.74) is 3.41. The first-order valence-electron chi connectivity index (χ1n) is 8.29. The second-order valence-corrected chi connectivity index (χ2v) is 7.02. The molecule has 0 aromatic heterocycles. The minimum absolute atomic E-state index is 0.0000959. The highest BCUT2D eigenvalue weighted by atomic mass is 35.5. The van der Waals surface area contributed by atoms with Gasteiger partial charge in [-0.2, -0.15) is 0 Å². The SMILES string of the molecule is O=C1c2ccccc2[C@@H](Nc2cc(Cl)ccc2Cl)N1Cc1ccccc1. The molecule has 3 nitrogen and oxygen atoms in total. The van der Waals surface area contributed by atoms with Crippen molar-refractivity contribution < 1.29 is 4.79 Å². The zero-order valence-electron chi connectivity index (χ0n) is 13.8. The molecule has 1 aliphatic heterocycles. The van der Waals surface area contributed by atoms with Gasteiger partial charge in [0.25, 0.3) is 5.91 Å². The number of amides is 1. The lowest BCUT2D eigenvalue weighted by Crippen LogP contribution is -2.31. The summed E-state index contributed by atoms with van der Waals surface area (Å²) in [5, 5.41) is 4.54. The molecular formula is C21H16Cl2N2O. The fourth-order valence-corrected chi connectivity index (χ4v) is 3.57. The Morgan fingerprint density at radius 2 is 1.65 bits per heavy atom. The number of nitrogens with one attached hydrogen (secondary N) is 1. The predicted molar refractivity (Wildman–Crippen MR) is 106 cm³/mol. The van der Waals surface area contributed by atoms with Crippen LogP contribution in [0, 0.1) is 0 Å². The zero-order valence-corrected chi connectivity index (χ0v) is 15.3. The molecule has 5 heteroatoms. The maximum absolute atomic E-state index is 13.0. The van der Waals surface area contributed by atoms with Crippen LogP contribution < -0.4 is 5.32 Å². The van der Waals surface area contributed by atoms with Gasteiger partial charge in [0.1, 0.15) is 6.17 Å². The molecule has 0 radical (unpaired) electrons. The highest BCUT2D eigenvalue weighted by molar-refractivity contribution is 6.35. The van der Waals surface area contributed by atoms with E-state index in [-0.39, 0.29) is 12.1 Å². The number of benzene rings is 3. The van der Waals surface area contributed by atoms with E-state index in [4.69, 9.17) is 23.2 Å². The third-order valence-electron chi connectivity index (χ3n) is 4.47. The summed E-state index contributed by atoms with van der Waals surface area (Å²) in [6.45, 7) is 0.504. The number of fused-ring (bicyclic) bond motifs is 1. The van der Waals surface area contributed by atoms with E-state index in [1.807, 2.05) is 59.5 Å². The van der Waals surface area contributed by atoms with Gasteiger partial charge in [-0.05, 0) is 29.8 Å². The van der Waals surface area contributed by atoms with Gasteiger partial charge in [-0.1, -0.05) is 71.7 Å². The minimum atomic E-state index is -0.310. The highest BCUT2D eigenvalue weighted by Gasteiger charge is 2.36. The van der Waals surface area contributed by atoms with Crippen molar-refractivity contribution in [1.82, 2.24) is 4.90 Å². The molecule has 0 unspecified atom stereocenters. The average molecular weight is 383 g/mol. The molecule has 1 atom stereocenters. The van der Waals surface area contributed by atoms with Crippen LogP contribution in [0.5, 0.6) is 0 Å². The summed E-state index contributed by atoms with van der Waals surface area (Å²) in [6, 6.07) is 22.8. The molecule has 130 valence electrons. The monoisotopic (exact) mass is 382 g/mol. The van der Waals surface area contributed by atoms with Crippen LogP contribution in [0.3, 0.4) is 0 Å². The number of hydrogen-bond acceptors (Lipinski definition) is 2. The second-order valence-electron chi connectivity index (χ2n) is 6.18. The molecule has 1 amide bonds. The molecule has 0 aliphatic carbocycles. The van der Waals surface area contributed by atoms with Gasteiger partial charge in [-0.25, -0.2) is 0 Å². The van der Waals surface area contributed by atoms with Crippen molar-refractivity contribution in [2.45, 2.75) is 12.7 Å². The van der Waals surface area contributed by atoms with Crippen molar-refractivity contribution in [3.63, 3.8) is 0 Å². The van der Waals surface area contributed by atoms with Gasteiger partial charge in [-0.3, -0.25) is 4.79 Å². The molecular weight excluding hydrogens is 367 g/mol. The first-order chi connectivity index (χ1) is 12.6. The molecule has 3 aromatic rings. The minimum Gasteiger partial charge on any atom is -0.360 e. The Bertz CT molecular complexity index is 959. The van der Waals surface area contributed by atoms with Crippen LogP contribution in [0.25, 0.3) is 0 Å². The molecule has 1 N–H and O–H groups in total. The largest absolute Gasteiger partial charge is 0.360 e. The Balaban J connectivity index is 1.72. The van der Waals surface area contributed by atoms with Gasteiger partial charge in [0.15, 0.2) is 0 Å². The number of anilines is 1. The van der Waals surface area contributed by atoms with E-state index < -0.39 is 0 Å². The van der Waals surface area contributed by atoms with E-state index in [0.717, 1.165) is 11.1 Å². The molecule has 1 heterocycles. The molecule has 0 spiro atoms. The summed E-state index contributed by atoms with van der Waals surface area (Å²) in [7, 11) is 0. The molecule has 0 fully saturated rings. The molecule has 4 rings (SSSR count). The van der Waals surface area contributed by atoms with Gasteiger partial charge < -0.3 is 10.2 Å². The Hall–Kier alpha value is -2.49. The van der Waals surface area contributed by atoms with Gasteiger partial charge in [0, 0.05) is 22.7 Å². The maximum Gasteiger partial charge on any atom is 0.256 e. The first-order valence-corrected chi connectivity index (χ1v) is 9.04. The fourth-order valence-electron chi connectivity index (χ4n) is 3.22. The number of halogens is 2. The summed E-state index contributed by atoms with van der Waals surface area (Å²) in [4.78, 5) is 14.8. The van der Waals surface area contributed by atoms with Crippen molar-refractivity contribution in [2.75, 3.05) is 5.32 Å². The number of carbonyl (C=O) groups is 1. The molecule has 0 saturated heterocycles. The third-order valence-corrected chi connectivity index (χ3v) is 5.04. The summed E-state index contributed by atoms with van der Waals surface area (Å²) < 4.78 is 0. The number of hydrogen-bond donors (Lipinski definition) is 1. The topological polar surface area (TPSA) is 32.3 Å². The van der Waals surface area contributed by atoms with Gasteiger partial charge >= 0.3 is 0 Å². The molecule has 0 bridgehead atoms. The van der Waals surface area contributed by atoms with E-state index in [0.29, 0.717) is 27.8 Å². The van der Waals surface area contributed by atoms with E-state index in [1.165, 1.54) is 0 Å². The smallest absolute Gasteiger partial charge is 0.256 e. The zero-order chi connectivity index (χ0) is 18.1. The van der Waals surface area contributed by atoms with Crippen LogP contribution in [0.2, 0.25) is 10.0 Å². The normalized spacial score (nSPS) is 15.8. The standard InChI is InChI=1S/C21H16Cl2N2O/c22-15-10-11-18(23)19(12-15)24-20-16-8-4-5-9-17(16)21(26)25(20)13-14-6-2-1-3-7-14/h1-12,20,24H,13H2/t20-/m0/s1. The Morgan fingerprint density at radius 3 is 2.46 bits per heavy atom. The van der Waals surface area contributed by atoms with Crippen LogP contribution in [0.4, 0.5) is 5.69 Å². The fraction of sp³-hybridized carbons (Fsp3) is 0.0952. The van der Waals surface area contributed by atoms with Crippen LogP contribution in [-0.2, 0) is 6.54 Å². The quantitative estimate of drug-likeness (QED) is 0.621. The Morgan fingerprint density at radius 1 is 0.923 bits per heavy atom. The number of rotatable bonds is 4. The summed E-state index contributed by atoms with van der Waals surface area (Å²) >= 11 is 12.4. The molecule has 3 aromatic carbocycles. The van der Waals surface area contributed by atoms with Gasteiger partial charge in [0.2, 0.25) is 0 Å². The number of nitrogens with zero attached hydrogens (tertiary/aromatic N) is 1. The van der Waals surface area contributed by atoms with Crippen molar-refractivity contribution >= 4 is 34.8 Å². The maximum atomic E-state index is 13.0. The Labute approximate surface area is 162 Å². The van der Waals surface area contributed by atoms with E-state index in [9.17, 15) is 4.79 Å². The highest BCUT2D eigenvalue weighted by Crippen LogP contribution is 2.37. The summed E-state index contributed by atoms with van der Waals surface area (Å²) in [5.74, 6) is 0.0000959. The van der Waals surface area contributed by atoms with Crippen LogP contribution in [-0.4, -0.2) is 10.8 Å². The van der Waals surface area contributed by atoms with E-state index in [2.05, 4.69) is 5.32 Å². The molecule has 0 saturated carbocycles. The van der Waals surface area contributed by atoms with E-state index in [1.54, 1.807) is 18.2 Å². The lowest BCUT2D eigenvalue weighted by atomic mass is 10.1. The predicted octanol–water partition coefficient (Wildman–Crippen LogP) is 5.76. The van der Waals surface area contributed by atoms with Gasteiger partial charge in [0.05, 0.1) is 10.7 Å². The molecule has 26 heavy (non-hydrogen) atoms. The van der Waals surface area contributed by atoms with Crippen molar-refractivity contribution in [2.24, 2.45) is 0 Å². The number of carbonyl (C=O) groups excluding carboxylic acids is 1. The van der Waals surface area contributed by atoms with Crippen molar-refractivity contribution in [3.05, 3.63) is 99.5 Å². The van der Waals surface area contributed by atoms with Crippen LogP contribution in [0.15, 0.2) is 72.8 Å². The van der Waals surface area contributed by atoms with Crippen molar-refractivity contribution in [3.8, 4) is 0 Å². The lowest BCUT2D eigenvalue weighted by molar-refractivity contribution is 0.0729. The second kappa shape index (κ2) is 7.02. The van der Waals surface area contributed by atoms with Crippen LogP contribution in [0.1, 0.15) is 27.7 Å². The average Bonchev–Trinajstić information content (AvgIpc) is 2.92. The lowest BCUT2D eigenvalue weighted by Gasteiger charge is -2.27. The van der Waals surface area contributed by atoms with Gasteiger partial charge in [-0.15, -0.1) is 0 Å². The summed E-state index contributed by atoms with van der Waals surface area (Å²) in [6.07, 6.45) is -0.310. The third kappa shape index (κ3) is 3.16.